The van der Waals surface area contributed by atoms with Gasteiger partial charge in [0.2, 0.25) is 0 Å². The maximum absolute atomic E-state index is 11.8. The molecule has 0 amide bonds. The summed E-state index contributed by atoms with van der Waals surface area (Å²) < 4.78 is 6.44. The first-order chi connectivity index (χ1) is 17.8. The number of Topliss-reactive ketones (excluding diaryl/α,β-unsaturated/α-hetero) is 1. The summed E-state index contributed by atoms with van der Waals surface area (Å²) in [5.74, 6) is 2.36. The maximum atomic E-state index is 11.8. The van der Waals surface area contributed by atoms with Crippen molar-refractivity contribution in [2.75, 3.05) is 32.8 Å². The van der Waals surface area contributed by atoms with Gasteiger partial charge in [-0.1, -0.05) is 79.7 Å². The van der Waals surface area contributed by atoms with Crippen molar-refractivity contribution in [3.05, 3.63) is 12.7 Å². The molecule has 2 fully saturated rings. The first-order valence-corrected chi connectivity index (χ1v) is 15.9. The lowest BCUT2D eigenvalue weighted by molar-refractivity contribution is -0.927. The average molecular weight is 521 g/mol. The zero-order chi connectivity index (χ0) is 27.5. The third kappa shape index (κ3) is 14.5. The lowest BCUT2D eigenvalue weighted by atomic mass is 9.88. The Morgan fingerprint density at radius 1 is 1.03 bits per heavy atom. The van der Waals surface area contributed by atoms with Crippen LogP contribution in [-0.2, 0) is 14.3 Å². The minimum absolute atomic E-state index is 0.116. The summed E-state index contributed by atoms with van der Waals surface area (Å²) >= 11 is 0. The Kier molecular flexibility index (Phi) is 18.2. The molecule has 37 heavy (non-hydrogen) atoms. The molecule has 1 unspecified atom stereocenters. The molecule has 4 heteroatoms. The Morgan fingerprint density at radius 2 is 1.76 bits per heavy atom. The van der Waals surface area contributed by atoms with E-state index in [0.717, 1.165) is 37.5 Å². The van der Waals surface area contributed by atoms with Gasteiger partial charge in [-0.25, -0.2) is 0 Å². The van der Waals surface area contributed by atoms with Crippen LogP contribution in [0.4, 0.5) is 0 Å². The molecule has 1 aliphatic carbocycles. The van der Waals surface area contributed by atoms with Crippen LogP contribution in [0.25, 0.3) is 0 Å². The summed E-state index contributed by atoms with van der Waals surface area (Å²) in [6, 6.07) is 0. The monoisotopic (exact) mass is 520 g/mol. The summed E-state index contributed by atoms with van der Waals surface area (Å²) in [6.45, 7) is 21.1. The van der Waals surface area contributed by atoms with Crippen LogP contribution in [0.1, 0.15) is 131 Å². The van der Waals surface area contributed by atoms with E-state index in [9.17, 15) is 9.59 Å². The minimum atomic E-state index is -0.128. The number of unbranched alkanes of at least 4 members (excludes halogenated alkanes) is 2. The molecule has 3 atom stereocenters. The topological polar surface area (TPSA) is 43.4 Å². The fourth-order valence-electron chi connectivity index (χ4n) is 6.19. The molecule has 0 spiro atoms. The number of rotatable bonds is 17. The number of hydrogen-bond acceptors (Lipinski definition) is 3. The van der Waals surface area contributed by atoms with E-state index in [4.69, 9.17) is 4.74 Å². The van der Waals surface area contributed by atoms with Gasteiger partial charge in [-0.05, 0) is 68.8 Å². The molecule has 216 valence electrons. The van der Waals surface area contributed by atoms with E-state index in [1.165, 1.54) is 88.4 Å². The number of ether oxygens (including phenoxy) is 1. The van der Waals surface area contributed by atoms with Crippen molar-refractivity contribution in [3.8, 4) is 0 Å². The Labute approximate surface area is 230 Å². The second-order valence-electron chi connectivity index (χ2n) is 12.6. The Hall–Kier alpha value is -1.16. The van der Waals surface area contributed by atoms with Crippen LogP contribution in [0.3, 0.4) is 0 Å². The molecule has 1 saturated heterocycles. The van der Waals surface area contributed by atoms with E-state index < -0.39 is 0 Å². The Morgan fingerprint density at radius 3 is 2.38 bits per heavy atom. The molecule has 0 aromatic carbocycles. The first kappa shape index (κ1) is 33.9. The van der Waals surface area contributed by atoms with Crippen molar-refractivity contribution in [2.45, 2.75) is 131 Å². The van der Waals surface area contributed by atoms with Crippen molar-refractivity contribution in [1.29, 1.82) is 0 Å². The SMILES string of the molecule is C=CC[N+]1(CCC(C)CCCC(C)C)CCCCC1.CCCCC[C@H]1C(=O)CC[C@@H]1CC(=O)OCCC. The summed E-state index contributed by atoms with van der Waals surface area (Å²) in [7, 11) is 0. The predicted molar refractivity (Wildman–Crippen MR) is 157 cm³/mol. The molecule has 2 rings (SSSR count). The number of piperidine rings is 1. The van der Waals surface area contributed by atoms with Crippen molar-refractivity contribution >= 4 is 11.8 Å². The molecule has 1 saturated carbocycles. The molecule has 1 aliphatic heterocycles. The molecule has 4 nitrogen and oxygen atoms in total. The van der Waals surface area contributed by atoms with Gasteiger partial charge in [0.1, 0.15) is 5.78 Å². The lowest BCUT2D eigenvalue weighted by Crippen LogP contribution is -2.52. The molecule has 1 heterocycles. The first-order valence-electron chi connectivity index (χ1n) is 15.9. The zero-order valence-corrected chi connectivity index (χ0v) is 25.4. The van der Waals surface area contributed by atoms with E-state index in [-0.39, 0.29) is 17.8 Å². The van der Waals surface area contributed by atoms with Gasteiger partial charge in [0, 0.05) is 18.8 Å². The molecule has 0 radical (unpaired) electrons. The normalized spacial score (nSPS) is 21.8. The second-order valence-corrected chi connectivity index (χ2v) is 12.6. The number of quaternary nitrogens is 1. The van der Waals surface area contributed by atoms with E-state index in [1.807, 2.05) is 6.92 Å². The second kappa shape index (κ2) is 19.8. The van der Waals surface area contributed by atoms with Gasteiger partial charge in [0.15, 0.2) is 0 Å². The number of nitrogens with zero attached hydrogens (tertiary/aromatic N) is 1. The zero-order valence-electron chi connectivity index (χ0n) is 25.4. The van der Waals surface area contributed by atoms with E-state index in [0.29, 0.717) is 25.2 Å². The van der Waals surface area contributed by atoms with E-state index >= 15 is 0 Å². The van der Waals surface area contributed by atoms with Crippen molar-refractivity contribution in [1.82, 2.24) is 0 Å². The van der Waals surface area contributed by atoms with E-state index in [2.05, 4.69) is 40.3 Å². The molecule has 0 N–H and O–H groups in total. The van der Waals surface area contributed by atoms with Crippen molar-refractivity contribution < 1.29 is 18.8 Å². The Bertz CT molecular complexity index is 623. The average Bonchev–Trinajstić information content (AvgIpc) is 3.21. The number of carbonyl (C=O) groups excluding carboxylic acids is 2. The summed E-state index contributed by atoms with van der Waals surface area (Å²) in [5, 5.41) is 0. The highest BCUT2D eigenvalue weighted by atomic mass is 16.5. The number of esters is 1. The third-order valence-corrected chi connectivity index (χ3v) is 8.61. The molecular formula is C33H62NO3+. The van der Waals surface area contributed by atoms with Gasteiger partial charge in [-0.3, -0.25) is 9.59 Å². The summed E-state index contributed by atoms with van der Waals surface area (Å²) in [6.07, 6.45) is 19.3. The summed E-state index contributed by atoms with van der Waals surface area (Å²) in [5.41, 5.74) is 0. The van der Waals surface area contributed by atoms with Gasteiger partial charge in [0.05, 0.1) is 32.8 Å². The third-order valence-electron chi connectivity index (χ3n) is 8.61. The van der Waals surface area contributed by atoms with E-state index in [1.54, 1.807) is 0 Å². The molecular weight excluding hydrogens is 458 g/mol. The van der Waals surface area contributed by atoms with Crippen LogP contribution in [0.15, 0.2) is 12.7 Å². The highest BCUT2D eigenvalue weighted by Crippen LogP contribution is 2.35. The van der Waals surface area contributed by atoms with Crippen LogP contribution in [0, 0.1) is 23.7 Å². The van der Waals surface area contributed by atoms with Gasteiger partial charge >= 0.3 is 5.97 Å². The molecule has 0 aromatic rings. The molecule has 2 aliphatic rings. The quantitative estimate of drug-likeness (QED) is 0.0835. The smallest absolute Gasteiger partial charge is 0.306 e. The molecule has 0 aromatic heterocycles. The summed E-state index contributed by atoms with van der Waals surface area (Å²) in [4.78, 5) is 23.4. The largest absolute Gasteiger partial charge is 0.466 e. The highest BCUT2D eigenvalue weighted by molar-refractivity contribution is 5.84. The fraction of sp³-hybridized carbons (Fsp3) is 0.879. The highest BCUT2D eigenvalue weighted by Gasteiger charge is 2.35. The van der Waals surface area contributed by atoms with Gasteiger partial charge < -0.3 is 9.22 Å². The number of hydrogen-bond donors (Lipinski definition) is 0. The van der Waals surface area contributed by atoms with Crippen LogP contribution in [-0.4, -0.2) is 49.0 Å². The minimum Gasteiger partial charge on any atom is -0.466 e. The predicted octanol–water partition coefficient (Wildman–Crippen LogP) is 8.53. The van der Waals surface area contributed by atoms with Gasteiger partial charge in [-0.15, -0.1) is 0 Å². The van der Waals surface area contributed by atoms with Crippen molar-refractivity contribution in [2.24, 2.45) is 23.7 Å². The number of likely N-dealkylation sites (tertiary alicyclic amines) is 1. The molecule has 0 bridgehead atoms. The van der Waals surface area contributed by atoms with Gasteiger partial charge in [-0.2, -0.15) is 0 Å². The fourth-order valence-corrected chi connectivity index (χ4v) is 6.19. The van der Waals surface area contributed by atoms with Crippen LogP contribution in [0.5, 0.6) is 0 Å². The number of ketones is 1. The Balaban J connectivity index is 0.000000371. The number of carbonyl (C=O) groups is 2. The van der Waals surface area contributed by atoms with Crippen LogP contribution < -0.4 is 0 Å². The lowest BCUT2D eigenvalue weighted by Gasteiger charge is -2.41. The standard InChI is InChI=1S/C18H36N.C15H26O3/c1-5-13-19(14-7-6-8-15-19)16-12-18(4)11-9-10-17(2)3;1-3-5-6-7-13-12(8-9-14(13)16)11-15(17)18-10-4-2/h5,17-18H,1,6-16H2,2-4H3;12-13H,3-11H2,1-2H3/q+1;/t;12-,13-/m.1/s1. The van der Waals surface area contributed by atoms with Crippen LogP contribution in [0.2, 0.25) is 0 Å². The van der Waals surface area contributed by atoms with Gasteiger partial charge in [0.25, 0.3) is 0 Å². The van der Waals surface area contributed by atoms with Crippen molar-refractivity contribution in [3.63, 3.8) is 0 Å². The van der Waals surface area contributed by atoms with Crippen LogP contribution >= 0.6 is 0 Å². The maximum Gasteiger partial charge on any atom is 0.306 e.